The maximum absolute atomic E-state index is 13.6. The summed E-state index contributed by atoms with van der Waals surface area (Å²) in [4.78, 5) is 0. The van der Waals surface area contributed by atoms with Crippen LogP contribution in [-0.2, 0) is 5.41 Å². The molecule has 1 aliphatic carbocycles. The number of nitrogens with two attached hydrogens (primary N) is 1. The molecule has 0 saturated heterocycles. The number of hydrogen-bond acceptors (Lipinski definition) is 4. The molecule has 1 aromatic carbocycles. The Balaban J connectivity index is 2.12. The van der Waals surface area contributed by atoms with E-state index in [0.717, 1.165) is 0 Å². The summed E-state index contributed by atoms with van der Waals surface area (Å²) in [6, 6.07) is 3.12. The van der Waals surface area contributed by atoms with Crippen LogP contribution in [0.5, 0.6) is 17.2 Å². The summed E-state index contributed by atoms with van der Waals surface area (Å²) >= 11 is 0. The molecule has 18 heavy (non-hydrogen) atoms. The average molecular weight is 257 g/mol. The fourth-order valence-corrected chi connectivity index (χ4v) is 2.42. The first-order valence-electron chi connectivity index (χ1n) is 5.60. The lowest BCUT2D eigenvalue weighted by molar-refractivity contribution is 0.0889. The van der Waals surface area contributed by atoms with Crippen LogP contribution in [0.15, 0.2) is 12.1 Å². The molecule has 0 spiro atoms. The van der Waals surface area contributed by atoms with Crippen LogP contribution < -0.4 is 19.9 Å². The standard InChI is InChI=1S/C12H13F2NO3/c1-16-8-3-10-9(17-6-18-10)2-7(8)11(5-15)4-12(11,13)14/h2-3H,4-6,15H2,1H3. The van der Waals surface area contributed by atoms with E-state index in [2.05, 4.69) is 0 Å². The summed E-state index contributed by atoms with van der Waals surface area (Å²) in [5.74, 6) is -1.46. The van der Waals surface area contributed by atoms with Crippen LogP contribution in [0.3, 0.4) is 0 Å². The van der Waals surface area contributed by atoms with Crippen LogP contribution in [0.25, 0.3) is 0 Å². The number of fused-ring (bicyclic) bond motifs is 1. The SMILES string of the molecule is COc1cc2c(cc1C1(CN)CC1(F)F)OCO2. The molecule has 0 aromatic heterocycles. The predicted molar refractivity (Wildman–Crippen MR) is 59.4 cm³/mol. The van der Waals surface area contributed by atoms with Crippen molar-refractivity contribution in [2.75, 3.05) is 20.4 Å². The lowest BCUT2D eigenvalue weighted by atomic mass is 9.93. The van der Waals surface area contributed by atoms with E-state index in [-0.39, 0.29) is 19.8 Å². The Labute approximate surface area is 103 Å². The third-order valence-corrected chi connectivity index (χ3v) is 3.66. The van der Waals surface area contributed by atoms with Gasteiger partial charge in [-0.1, -0.05) is 0 Å². The van der Waals surface area contributed by atoms with Crippen molar-refractivity contribution in [1.82, 2.24) is 0 Å². The van der Waals surface area contributed by atoms with Crippen molar-refractivity contribution in [1.29, 1.82) is 0 Å². The minimum Gasteiger partial charge on any atom is -0.496 e. The molecular formula is C12H13F2NO3. The Morgan fingerprint density at radius 2 is 1.94 bits per heavy atom. The highest BCUT2D eigenvalue weighted by atomic mass is 19.3. The summed E-state index contributed by atoms with van der Waals surface area (Å²) in [6.07, 6.45) is -0.257. The molecular weight excluding hydrogens is 244 g/mol. The smallest absolute Gasteiger partial charge is 0.260 e. The van der Waals surface area contributed by atoms with Crippen LogP contribution in [0.4, 0.5) is 8.78 Å². The molecule has 4 nitrogen and oxygen atoms in total. The molecule has 1 fully saturated rings. The van der Waals surface area contributed by atoms with Gasteiger partial charge in [0.15, 0.2) is 11.5 Å². The number of methoxy groups -OCH3 is 1. The number of hydrogen-bond donors (Lipinski definition) is 1. The summed E-state index contributed by atoms with van der Waals surface area (Å²) in [5.41, 5.74) is 4.59. The van der Waals surface area contributed by atoms with E-state index in [1.807, 2.05) is 0 Å². The van der Waals surface area contributed by atoms with E-state index in [0.29, 0.717) is 22.8 Å². The maximum atomic E-state index is 13.6. The Morgan fingerprint density at radius 3 is 2.44 bits per heavy atom. The number of ether oxygens (including phenoxy) is 3. The number of benzene rings is 1. The van der Waals surface area contributed by atoms with Gasteiger partial charge < -0.3 is 19.9 Å². The molecule has 0 radical (unpaired) electrons. The highest BCUT2D eigenvalue weighted by Gasteiger charge is 2.72. The molecule has 0 bridgehead atoms. The second kappa shape index (κ2) is 3.47. The van der Waals surface area contributed by atoms with Gasteiger partial charge >= 0.3 is 0 Å². The molecule has 1 atom stereocenters. The van der Waals surface area contributed by atoms with Crippen molar-refractivity contribution in [3.8, 4) is 17.2 Å². The molecule has 98 valence electrons. The van der Waals surface area contributed by atoms with Crippen molar-refractivity contribution in [2.24, 2.45) is 5.73 Å². The average Bonchev–Trinajstić information content (AvgIpc) is 2.73. The monoisotopic (exact) mass is 257 g/mol. The molecule has 1 aromatic rings. The van der Waals surface area contributed by atoms with Gasteiger partial charge in [-0.05, 0) is 6.07 Å². The zero-order valence-corrected chi connectivity index (χ0v) is 9.83. The van der Waals surface area contributed by atoms with Crippen LogP contribution >= 0.6 is 0 Å². The largest absolute Gasteiger partial charge is 0.496 e. The molecule has 0 amide bonds. The summed E-state index contributed by atoms with van der Waals surface area (Å²) in [6.45, 7) is -0.0377. The fraction of sp³-hybridized carbons (Fsp3) is 0.500. The maximum Gasteiger partial charge on any atom is 0.260 e. The Bertz CT molecular complexity index is 506. The third kappa shape index (κ3) is 1.32. The predicted octanol–water partition coefficient (Wildman–Crippen LogP) is 1.66. The van der Waals surface area contributed by atoms with Crippen LogP contribution in [0.2, 0.25) is 0 Å². The van der Waals surface area contributed by atoms with E-state index in [4.69, 9.17) is 19.9 Å². The summed E-state index contributed by atoms with van der Waals surface area (Å²) in [5, 5.41) is 0. The van der Waals surface area contributed by atoms with Crippen molar-refractivity contribution >= 4 is 0 Å². The molecule has 1 unspecified atom stereocenters. The molecule has 3 rings (SSSR count). The van der Waals surface area contributed by atoms with E-state index >= 15 is 0 Å². The molecule has 2 N–H and O–H groups in total. The second-order valence-corrected chi connectivity index (χ2v) is 4.57. The van der Waals surface area contributed by atoms with Gasteiger partial charge in [-0.15, -0.1) is 0 Å². The zero-order valence-electron chi connectivity index (χ0n) is 9.83. The summed E-state index contributed by atoms with van der Waals surface area (Å²) < 4.78 is 42.8. The first-order chi connectivity index (χ1) is 8.54. The van der Waals surface area contributed by atoms with Crippen molar-refractivity contribution in [3.05, 3.63) is 17.7 Å². The van der Waals surface area contributed by atoms with E-state index in [1.165, 1.54) is 7.11 Å². The number of halogens is 2. The van der Waals surface area contributed by atoms with E-state index in [1.54, 1.807) is 12.1 Å². The van der Waals surface area contributed by atoms with Gasteiger partial charge in [0.25, 0.3) is 5.92 Å². The van der Waals surface area contributed by atoms with Gasteiger partial charge in [-0.2, -0.15) is 0 Å². The van der Waals surface area contributed by atoms with Gasteiger partial charge in [-0.25, -0.2) is 8.78 Å². The summed E-state index contributed by atoms with van der Waals surface area (Å²) in [7, 11) is 1.44. The van der Waals surface area contributed by atoms with E-state index in [9.17, 15) is 8.78 Å². The van der Waals surface area contributed by atoms with Gasteiger partial charge in [0.2, 0.25) is 6.79 Å². The highest BCUT2D eigenvalue weighted by Crippen LogP contribution is 2.63. The van der Waals surface area contributed by atoms with Crippen molar-refractivity contribution in [2.45, 2.75) is 17.8 Å². The minimum atomic E-state index is -2.79. The van der Waals surface area contributed by atoms with Crippen LogP contribution in [-0.4, -0.2) is 26.4 Å². The quantitative estimate of drug-likeness (QED) is 0.894. The normalized spacial score (nSPS) is 27.1. The third-order valence-electron chi connectivity index (χ3n) is 3.66. The van der Waals surface area contributed by atoms with Crippen LogP contribution in [0.1, 0.15) is 12.0 Å². The molecule has 1 aliphatic heterocycles. The molecule has 1 saturated carbocycles. The highest BCUT2D eigenvalue weighted by molar-refractivity contribution is 5.57. The number of alkyl halides is 2. The van der Waals surface area contributed by atoms with Gasteiger partial charge in [0.05, 0.1) is 12.5 Å². The van der Waals surface area contributed by atoms with E-state index < -0.39 is 11.3 Å². The topological polar surface area (TPSA) is 53.7 Å². The minimum absolute atomic E-state index is 0.0912. The zero-order chi connectivity index (χ0) is 13.0. The lowest BCUT2D eigenvalue weighted by Crippen LogP contribution is -2.27. The molecule has 6 heteroatoms. The van der Waals surface area contributed by atoms with Gasteiger partial charge in [0, 0.05) is 24.6 Å². The second-order valence-electron chi connectivity index (χ2n) is 4.57. The lowest BCUT2D eigenvalue weighted by Gasteiger charge is -2.18. The van der Waals surface area contributed by atoms with Crippen LogP contribution in [0, 0.1) is 0 Å². The fourth-order valence-electron chi connectivity index (χ4n) is 2.42. The molecule has 2 aliphatic rings. The first-order valence-corrected chi connectivity index (χ1v) is 5.60. The van der Waals surface area contributed by atoms with Crippen molar-refractivity contribution < 1.29 is 23.0 Å². The molecule has 1 heterocycles. The Hall–Kier alpha value is -1.56. The number of rotatable bonds is 3. The van der Waals surface area contributed by atoms with Gasteiger partial charge in [-0.3, -0.25) is 0 Å². The Morgan fingerprint density at radius 1 is 1.33 bits per heavy atom. The Kier molecular flexibility index (Phi) is 2.22. The van der Waals surface area contributed by atoms with Gasteiger partial charge in [0.1, 0.15) is 5.75 Å². The van der Waals surface area contributed by atoms with Crippen molar-refractivity contribution in [3.63, 3.8) is 0 Å². The first kappa shape index (κ1) is 11.5.